The summed E-state index contributed by atoms with van der Waals surface area (Å²) in [6.07, 6.45) is 1.14. The van der Waals surface area contributed by atoms with Crippen LogP contribution in [0.1, 0.15) is 32.3 Å². The van der Waals surface area contributed by atoms with Crippen LogP contribution in [-0.4, -0.2) is 28.5 Å². The molecule has 3 heteroatoms. The molecule has 0 heterocycles. The molecule has 3 fully saturated rings. The van der Waals surface area contributed by atoms with Gasteiger partial charge in [0.2, 0.25) is 0 Å². The van der Waals surface area contributed by atoms with Gasteiger partial charge < -0.3 is 15.5 Å². The fourth-order valence-electron chi connectivity index (χ4n) is 4.22. The minimum atomic E-state index is -1.01. The average Bonchev–Trinajstić information content (AvgIpc) is 2.40. The predicted octanol–water partition coefficient (Wildman–Crippen LogP) is 2.56. The zero-order valence-corrected chi connectivity index (χ0v) is 12.6. The van der Waals surface area contributed by atoms with Crippen molar-refractivity contribution in [3.63, 3.8) is 0 Å². The van der Waals surface area contributed by atoms with Crippen LogP contribution in [0.3, 0.4) is 0 Å². The van der Waals surface area contributed by atoms with Crippen molar-refractivity contribution in [2.24, 2.45) is 17.3 Å². The minimum absolute atomic E-state index is 0.140. The Labute approximate surface area is 121 Å². The van der Waals surface area contributed by atoms with Crippen molar-refractivity contribution in [2.75, 3.05) is 11.9 Å². The van der Waals surface area contributed by atoms with Gasteiger partial charge in [0.15, 0.2) is 0 Å². The van der Waals surface area contributed by atoms with Gasteiger partial charge in [-0.15, -0.1) is 0 Å². The van der Waals surface area contributed by atoms with E-state index in [0.29, 0.717) is 12.5 Å². The van der Waals surface area contributed by atoms with Crippen LogP contribution in [0, 0.1) is 24.2 Å². The monoisotopic (exact) mass is 275 g/mol. The van der Waals surface area contributed by atoms with Crippen LogP contribution < -0.4 is 5.32 Å². The molecule has 0 aromatic heterocycles. The quantitative estimate of drug-likeness (QED) is 0.794. The van der Waals surface area contributed by atoms with E-state index in [2.05, 4.69) is 19.2 Å². The van der Waals surface area contributed by atoms with Crippen molar-refractivity contribution in [1.82, 2.24) is 0 Å². The van der Waals surface area contributed by atoms with Crippen molar-refractivity contribution >= 4 is 5.69 Å². The number of hydrogen-bond donors (Lipinski definition) is 3. The summed E-state index contributed by atoms with van der Waals surface area (Å²) in [4.78, 5) is 0. The fourth-order valence-corrected chi connectivity index (χ4v) is 4.22. The molecule has 20 heavy (non-hydrogen) atoms. The summed E-state index contributed by atoms with van der Waals surface area (Å²) in [6, 6.07) is 8.06. The van der Waals surface area contributed by atoms with Crippen LogP contribution in [-0.2, 0) is 0 Å². The van der Waals surface area contributed by atoms with Crippen LogP contribution in [0.25, 0.3) is 0 Å². The van der Waals surface area contributed by atoms with E-state index in [1.54, 1.807) is 0 Å². The topological polar surface area (TPSA) is 52.5 Å². The first-order valence-electron chi connectivity index (χ1n) is 7.55. The van der Waals surface area contributed by atoms with E-state index in [0.717, 1.165) is 24.1 Å². The van der Waals surface area contributed by atoms with Gasteiger partial charge in [0.1, 0.15) is 5.60 Å². The first-order valence-corrected chi connectivity index (χ1v) is 7.55. The molecule has 0 saturated heterocycles. The molecule has 1 aromatic rings. The van der Waals surface area contributed by atoms with Gasteiger partial charge in [-0.2, -0.15) is 0 Å². The van der Waals surface area contributed by atoms with Crippen molar-refractivity contribution in [3.05, 3.63) is 29.8 Å². The molecular weight excluding hydrogens is 250 g/mol. The van der Waals surface area contributed by atoms with Crippen LogP contribution in [0.5, 0.6) is 0 Å². The molecule has 2 bridgehead atoms. The van der Waals surface area contributed by atoms with Gasteiger partial charge in [0, 0.05) is 12.2 Å². The van der Waals surface area contributed by atoms with E-state index < -0.39 is 11.7 Å². The normalized spacial score (nSPS) is 38.1. The molecule has 110 valence electrons. The van der Waals surface area contributed by atoms with E-state index >= 15 is 0 Å². The number of rotatable bonds is 3. The lowest BCUT2D eigenvalue weighted by molar-refractivity contribution is -0.247. The molecule has 0 unspecified atom stereocenters. The lowest BCUT2D eigenvalue weighted by atomic mass is 9.43. The van der Waals surface area contributed by atoms with Gasteiger partial charge in [-0.25, -0.2) is 0 Å². The molecule has 0 aliphatic heterocycles. The maximum atomic E-state index is 11.0. The summed E-state index contributed by atoms with van der Waals surface area (Å²) >= 11 is 0. The summed E-state index contributed by atoms with van der Waals surface area (Å²) in [7, 11) is 0. The number of benzene rings is 1. The maximum absolute atomic E-state index is 11.0. The predicted molar refractivity (Wildman–Crippen MR) is 80.6 cm³/mol. The highest BCUT2D eigenvalue weighted by Crippen LogP contribution is 2.62. The zero-order valence-electron chi connectivity index (χ0n) is 12.6. The van der Waals surface area contributed by atoms with Gasteiger partial charge in [-0.1, -0.05) is 32.0 Å². The van der Waals surface area contributed by atoms with E-state index in [9.17, 15) is 10.2 Å². The third kappa shape index (κ3) is 1.87. The molecule has 0 amide bonds. The lowest BCUT2D eigenvalue weighted by Gasteiger charge is -2.65. The number of para-hydroxylation sites is 1. The second-order valence-corrected chi connectivity index (χ2v) is 7.22. The SMILES string of the molecule is Cc1ccccc1NC[C@@]1(O)[C@H](O)C[C@@H]2C[C@H]1C2(C)C. The van der Waals surface area contributed by atoms with E-state index in [1.165, 1.54) is 0 Å². The smallest absolute Gasteiger partial charge is 0.111 e. The van der Waals surface area contributed by atoms with E-state index in [4.69, 9.17) is 0 Å². The van der Waals surface area contributed by atoms with Crippen LogP contribution in [0.2, 0.25) is 0 Å². The van der Waals surface area contributed by atoms with Crippen molar-refractivity contribution < 1.29 is 10.2 Å². The van der Waals surface area contributed by atoms with Gasteiger partial charge in [-0.3, -0.25) is 0 Å². The molecular formula is C17H25NO2. The second kappa shape index (κ2) is 4.47. The van der Waals surface area contributed by atoms with Crippen LogP contribution in [0.15, 0.2) is 24.3 Å². The molecule has 3 N–H and O–H groups in total. The van der Waals surface area contributed by atoms with Crippen molar-refractivity contribution in [1.29, 1.82) is 0 Å². The minimum Gasteiger partial charge on any atom is -0.390 e. The van der Waals surface area contributed by atoms with Gasteiger partial charge in [0.25, 0.3) is 0 Å². The van der Waals surface area contributed by atoms with Gasteiger partial charge >= 0.3 is 0 Å². The Balaban J connectivity index is 1.77. The molecule has 0 spiro atoms. The molecule has 3 aliphatic carbocycles. The maximum Gasteiger partial charge on any atom is 0.111 e. The number of hydrogen-bond acceptors (Lipinski definition) is 3. The Kier molecular flexibility index (Phi) is 3.11. The molecule has 0 radical (unpaired) electrons. The number of nitrogens with one attached hydrogen (secondary N) is 1. The standard InChI is InChI=1S/C17H25NO2/c1-11-6-4-5-7-13(11)18-10-17(20)14-8-12(9-15(17)19)16(14,2)3/h4-7,12,14-15,18-20H,8-10H2,1-3H3/t12-,14-,15+,17-/m0/s1. The average molecular weight is 275 g/mol. The highest BCUT2D eigenvalue weighted by molar-refractivity contribution is 5.50. The van der Waals surface area contributed by atoms with Crippen LogP contribution >= 0.6 is 0 Å². The zero-order chi connectivity index (χ0) is 14.5. The first kappa shape index (κ1) is 13.9. The summed E-state index contributed by atoms with van der Waals surface area (Å²) < 4.78 is 0. The highest BCUT2D eigenvalue weighted by atomic mass is 16.3. The van der Waals surface area contributed by atoms with Crippen molar-refractivity contribution in [2.45, 2.75) is 45.3 Å². The number of anilines is 1. The molecule has 3 aliphatic rings. The molecule has 3 saturated carbocycles. The lowest BCUT2D eigenvalue weighted by Crippen LogP contribution is -2.69. The summed E-state index contributed by atoms with van der Waals surface area (Å²) in [5.41, 5.74) is 1.32. The summed E-state index contributed by atoms with van der Waals surface area (Å²) in [5.74, 6) is 0.738. The first-order chi connectivity index (χ1) is 9.35. The molecule has 1 aromatic carbocycles. The Morgan fingerprint density at radius 2 is 1.95 bits per heavy atom. The fraction of sp³-hybridized carbons (Fsp3) is 0.647. The Morgan fingerprint density at radius 1 is 1.25 bits per heavy atom. The summed E-state index contributed by atoms with van der Waals surface area (Å²) in [6.45, 7) is 6.90. The second-order valence-electron chi connectivity index (χ2n) is 7.22. The molecule has 3 nitrogen and oxygen atoms in total. The number of aliphatic hydroxyl groups excluding tert-OH is 1. The highest BCUT2D eigenvalue weighted by Gasteiger charge is 2.64. The third-order valence-electron chi connectivity index (χ3n) is 5.87. The van der Waals surface area contributed by atoms with Crippen molar-refractivity contribution in [3.8, 4) is 0 Å². The summed E-state index contributed by atoms with van der Waals surface area (Å²) in [5, 5.41) is 24.7. The number of fused-ring (bicyclic) bond motifs is 2. The molecule has 4 rings (SSSR count). The Morgan fingerprint density at radius 3 is 2.60 bits per heavy atom. The third-order valence-corrected chi connectivity index (χ3v) is 5.87. The van der Waals surface area contributed by atoms with E-state index in [1.807, 2.05) is 31.2 Å². The van der Waals surface area contributed by atoms with Crippen LogP contribution in [0.4, 0.5) is 5.69 Å². The molecule has 4 atom stereocenters. The van der Waals surface area contributed by atoms with Gasteiger partial charge in [-0.05, 0) is 48.6 Å². The number of aliphatic hydroxyl groups is 2. The largest absolute Gasteiger partial charge is 0.390 e. The number of aryl methyl sites for hydroxylation is 1. The van der Waals surface area contributed by atoms with E-state index in [-0.39, 0.29) is 11.3 Å². The van der Waals surface area contributed by atoms with Gasteiger partial charge in [0.05, 0.1) is 6.10 Å². The Hall–Kier alpha value is -1.06. The Bertz CT molecular complexity index is 513.